The highest BCUT2D eigenvalue weighted by atomic mass is 16.5. The highest BCUT2D eigenvalue weighted by molar-refractivity contribution is 6.43. The van der Waals surface area contributed by atoms with Gasteiger partial charge in [-0.05, 0) is 104 Å². The van der Waals surface area contributed by atoms with Crippen LogP contribution in [0.4, 0.5) is 17.1 Å². The molecule has 2 heterocycles. The van der Waals surface area contributed by atoms with E-state index in [-0.39, 0.29) is 29.6 Å². The van der Waals surface area contributed by atoms with Crippen LogP contribution in [0.25, 0.3) is 6.08 Å². The highest BCUT2D eigenvalue weighted by Crippen LogP contribution is 2.52. The van der Waals surface area contributed by atoms with Crippen molar-refractivity contribution in [2.45, 2.75) is 64.8 Å². The fourth-order valence-corrected chi connectivity index (χ4v) is 7.46. The summed E-state index contributed by atoms with van der Waals surface area (Å²) in [4.78, 5) is 29.4. The Bertz CT molecular complexity index is 1600. The molecule has 232 valence electrons. The first-order valence-electron chi connectivity index (χ1n) is 16.2. The minimum absolute atomic E-state index is 0.152. The molecular formula is C37H41BN2O5. The third kappa shape index (κ3) is 6.49. The van der Waals surface area contributed by atoms with Crippen molar-refractivity contribution in [3.8, 4) is 5.75 Å². The van der Waals surface area contributed by atoms with E-state index < -0.39 is 19.0 Å². The molecule has 2 fully saturated rings. The molecule has 45 heavy (non-hydrogen) atoms. The first-order valence-corrected chi connectivity index (χ1v) is 16.2. The summed E-state index contributed by atoms with van der Waals surface area (Å²) >= 11 is 0. The lowest BCUT2D eigenvalue weighted by atomic mass is 9.58. The number of amides is 2. The van der Waals surface area contributed by atoms with Crippen molar-refractivity contribution in [2.24, 2.45) is 17.8 Å². The molecule has 0 unspecified atom stereocenters. The van der Waals surface area contributed by atoms with Crippen LogP contribution in [-0.2, 0) is 14.2 Å². The predicted octanol–water partition coefficient (Wildman–Crippen LogP) is 7.51. The van der Waals surface area contributed by atoms with E-state index in [1.807, 2.05) is 66.7 Å². The number of rotatable bonds is 10. The fourth-order valence-electron chi connectivity index (χ4n) is 7.46. The molecule has 6 rings (SSSR count). The van der Waals surface area contributed by atoms with Crippen molar-refractivity contribution < 1.29 is 24.4 Å². The Kier molecular flexibility index (Phi) is 9.24. The number of fused-ring (bicyclic) bond motifs is 3. The molecule has 2 amide bonds. The number of carbonyl (C=O) groups excluding carboxylic acids is 2. The molecule has 1 aliphatic carbocycles. The number of nitrogens with one attached hydrogen (secondary N) is 1. The Balaban J connectivity index is 1.24. The number of aromatic hydroxyl groups is 1. The maximum Gasteiger partial charge on any atom is 0.455 e. The summed E-state index contributed by atoms with van der Waals surface area (Å²) in [6, 6.07) is 24.5. The van der Waals surface area contributed by atoms with Crippen LogP contribution in [-0.4, -0.2) is 35.2 Å². The number of carbonyl (C=O) groups is 2. The number of benzene rings is 3. The molecule has 0 aromatic heterocycles. The van der Waals surface area contributed by atoms with Crippen LogP contribution in [0.5, 0.6) is 5.75 Å². The van der Waals surface area contributed by atoms with Gasteiger partial charge in [0.15, 0.2) is 0 Å². The summed E-state index contributed by atoms with van der Waals surface area (Å²) in [5.41, 5.74) is 6.90. The van der Waals surface area contributed by atoms with Crippen LogP contribution in [0.1, 0.15) is 57.9 Å². The quantitative estimate of drug-likeness (QED) is 0.126. The number of nitrogens with zero attached hydrogens (tertiary/aromatic N) is 1. The molecule has 7 nitrogen and oxygen atoms in total. The summed E-state index contributed by atoms with van der Waals surface area (Å²) in [6.45, 7) is 4.25. The number of hydrogen-bond donors (Lipinski definition) is 3. The van der Waals surface area contributed by atoms with Crippen molar-refractivity contribution in [3.05, 3.63) is 101 Å². The van der Waals surface area contributed by atoms with Gasteiger partial charge in [-0.25, -0.2) is 0 Å². The monoisotopic (exact) mass is 604 g/mol. The molecule has 2 saturated heterocycles. The van der Waals surface area contributed by atoms with Crippen molar-refractivity contribution in [1.29, 1.82) is 0 Å². The summed E-state index contributed by atoms with van der Waals surface area (Å²) in [7, 11) is -0.995. The molecule has 0 bridgehead atoms. The van der Waals surface area contributed by atoms with Gasteiger partial charge in [0.05, 0.1) is 23.6 Å². The number of anilines is 3. The van der Waals surface area contributed by atoms with E-state index in [1.165, 1.54) is 16.0 Å². The Hall–Kier alpha value is -4.14. The van der Waals surface area contributed by atoms with Crippen LogP contribution >= 0.6 is 0 Å². The normalized spacial score (nSPS) is 23.3. The number of hydrogen-bond acceptors (Lipinski definition) is 6. The predicted molar refractivity (Wildman–Crippen MR) is 179 cm³/mol. The van der Waals surface area contributed by atoms with E-state index in [9.17, 15) is 19.7 Å². The van der Waals surface area contributed by atoms with Gasteiger partial charge in [-0.2, -0.15) is 0 Å². The van der Waals surface area contributed by atoms with Crippen molar-refractivity contribution in [3.63, 3.8) is 0 Å². The van der Waals surface area contributed by atoms with Crippen LogP contribution < -0.4 is 10.2 Å². The van der Waals surface area contributed by atoms with E-state index in [0.29, 0.717) is 24.8 Å². The van der Waals surface area contributed by atoms with E-state index in [2.05, 4.69) is 25.2 Å². The second-order valence-electron chi connectivity index (χ2n) is 12.4. The van der Waals surface area contributed by atoms with E-state index in [0.717, 1.165) is 48.2 Å². The SMILES string of the molecule is CCCC1=C2[C@@H](CC/C(=C/c3cccc(O)c3)CC)OB(O)C[C@@H]2[C@@H]2C(=O)N(c3ccc(Nc4ccccc4)cc3)C(=O)[C@@H]2C1. The number of para-hydroxylation sites is 1. The standard InChI is InChI=1S/C37H41BN2O5/c1-3-9-26-22-31-35(37(43)40(36(31)42)29-17-15-28(16-18-29)39-27-11-6-5-7-12-27)32-23-38(44)45-33(34(26)32)19-14-24(4-2)20-25-10-8-13-30(41)21-25/h5-8,10-13,15-18,20-21,31-33,35,39,41,44H,3-4,9,14,19,22-23H2,1-2H3/b24-20+/t31-,32+,33-,35-/m1/s1. The first-order chi connectivity index (χ1) is 21.9. The average Bonchev–Trinajstić information content (AvgIpc) is 3.29. The third-order valence-electron chi connectivity index (χ3n) is 9.47. The Labute approximate surface area is 265 Å². The van der Waals surface area contributed by atoms with Crippen LogP contribution in [0, 0.1) is 17.8 Å². The molecule has 3 aromatic rings. The van der Waals surface area contributed by atoms with Crippen molar-refractivity contribution >= 4 is 42.1 Å². The molecule has 3 N–H and O–H groups in total. The summed E-state index contributed by atoms with van der Waals surface area (Å²) in [5.74, 6) is -1.28. The zero-order valence-electron chi connectivity index (χ0n) is 26.0. The van der Waals surface area contributed by atoms with Crippen LogP contribution in [0.3, 0.4) is 0 Å². The minimum Gasteiger partial charge on any atom is -0.508 e. The maximum atomic E-state index is 14.1. The third-order valence-corrected chi connectivity index (χ3v) is 9.47. The Morgan fingerprint density at radius 1 is 0.978 bits per heavy atom. The summed E-state index contributed by atoms with van der Waals surface area (Å²) < 4.78 is 6.19. The highest BCUT2D eigenvalue weighted by Gasteiger charge is 2.57. The van der Waals surface area contributed by atoms with Crippen molar-refractivity contribution in [2.75, 3.05) is 10.2 Å². The van der Waals surface area contributed by atoms with Gasteiger partial charge in [0.2, 0.25) is 11.8 Å². The molecule has 2 aliphatic heterocycles. The van der Waals surface area contributed by atoms with E-state index in [1.54, 1.807) is 12.1 Å². The van der Waals surface area contributed by atoms with E-state index >= 15 is 0 Å². The molecule has 3 aliphatic rings. The molecule has 0 radical (unpaired) electrons. The van der Waals surface area contributed by atoms with Gasteiger partial charge < -0.3 is 20.1 Å². The topological polar surface area (TPSA) is 99.1 Å². The zero-order valence-corrected chi connectivity index (χ0v) is 26.0. The second kappa shape index (κ2) is 13.5. The average molecular weight is 605 g/mol. The number of phenolic OH excluding ortho intramolecular Hbond substituents is 1. The van der Waals surface area contributed by atoms with E-state index in [4.69, 9.17) is 4.65 Å². The van der Waals surface area contributed by atoms with Crippen LogP contribution in [0.15, 0.2) is 95.6 Å². The lowest BCUT2D eigenvalue weighted by molar-refractivity contribution is -0.122. The van der Waals surface area contributed by atoms with Gasteiger partial charge in [-0.15, -0.1) is 0 Å². The van der Waals surface area contributed by atoms with Crippen LogP contribution in [0.2, 0.25) is 6.32 Å². The molecule has 4 atom stereocenters. The molecular weight excluding hydrogens is 563 g/mol. The van der Waals surface area contributed by atoms with Gasteiger partial charge >= 0.3 is 7.12 Å². The maximum absolute atomic E-state index is 14.1. The molecule has 8 heteroatoms. The lowest BCUT2D eigenvalue weighted by Crippen LogP contribution is -2.46. The van der Waals surface area contributed by atoms with Gasteiger partial charge in [-0.1, -0.05) is 67.8 Å². The Morgan fingerprint density at radius 3 is 2.44 bits per heavy atom. The summed E-state index contributed by atoms with van der Waals surface area (Å²) in [6.07, 6.45) is 6.70. The largest absolute Gasteiger partial charge is 0.508 e. The minimum atomic E-state index is -0.995. The van der Waals surface area contributed by atoms with Gasteiger partial charge in [0.1, 0.15) is 5.75 Å². The lowest BCUT2D eigenvalue weighted by Gasteiger charge is -2.43. The first kappa shape index (κ1) is 30.9. The summed E-state index contributed by atoms with van der Waals surface area (Å²) in [5, 5.41) is 24.2. The van der Waals surface area contributed by atoms with Gasteiger partial charge in [0, 0.05) is 11.4 Å². The van der Waals surface area contributed by atoms with Gasteiger partial charge in [-0.3, -0.25) is 14.5 Å². The number of phenols is 1. The smallest absolute Gasteiger partial charge is 0.455 e. The fraction of sp³-hybridized carbons (Fsp3) is 0.351. The molecule has 3 aromatic carbocycles. The van der Waals surface area contributed by atoms with Crippen molar-refractivity contribution in [1.82, 2.24) is 0 Å². The zero-order chi connectivity index (χ0) is 31.5. The second-order valence-corrected chi connectivity index (χ2v) is 12.4. The molecule has 0 spiro atoms. The number of imide groups is 1. The number of allylic oxidation sites excluding steroid dienone is 2. The van der Waals surface area contributed by atoms with Gasteiger partial charge in [0.25, 0.3) is 0 Å². The Morgan fingerprint density at radius 2 is 1.73 bits per heavy atom. The molecule has 0 saturated carbocycles.